The largest absolute Gasteiger partial charge is 0.468 e. The fraction of sp³-hybridized carbons (Fsp3) is 0.148. The van der Waals surface area contributed by atoms with E-state index in [1.807, 2.05) is 74.0 Å². The summed E-state index contributed by atoms with van der Waals surface area (Å²) in [6.45, 7) is 2.71. The van der Waals surface area contributed by atoms with Crippen molar-refractivity contribution in [2.75, 3.05) is 13.7 Å². The predicted octanol–water partition coefficient (Wildman–Crippen LogP) is 4.32. The molecule has 0 saturated carbocycles. The molecule has 2 N–H and O–H groups in total. The van der Waals surface area contributed by atoms with Crippen LogP contribution < -0.4 is 5.32 Å². The number of aromatic amines is 1. The summed E-state index contributed by atoms with van der Waals surface area (Å²) in [5, 5.41) is 3.99. The standard InChI is InChI=1S/C27H24N6O2/c1-17-4-3-5-23(31-17)27-32-25(22-10-11-30-26(22)33-27)21-12-20(14-29-15-21)19-8-6-18(7-9-19)13-28-16-24(34)35-2/h3-12,14-15,28H,13,16H2,1-2H3,(H,30,32,33). The normalized spacial score (nSPS) is 11.0. The number of esters is 1. The monoisotopic (exact) mass is 464 g/mol. The maximum Gasteiger partial charge on any atom is 0.319 e. The van der Waals surface area contributed by atoms with Crippen molar-refractivity contribution in [2.24, 2.45) is 0 Å². The minimum atomic E-state index is -0.285. The summed E-state index contributed by atoms with van der Waals surface area (Å²) < 4.78 is 4.65. The van der Waals surface area contributed by atoms with E-state index in [0.29, 0.717) is 12.4 Å². The minimum absolute atomic E-state index is 0.177. The number of nitrogens with one attached hydrogen (secondary N) is 2. The van der Waals surface area contributed by atoms with Crippen molar-refractivity contribution in [3.05, 3.63) is 84.4 Å². The molecule has 1 aromatic carbocycles. The Balaban J connectivity index is 1.46. The third-order valence-electron chi connectivity index (χ3n) is 5.66. The molecule has 4 heterocycles. The van der Waals surface area contributed by atoms with Crippen LogP contribution in [0.4, 0.5) is 0 Å². The van der Waals surface area contributed by atoms with Crippen molar-refractivity contribution in [1.82, 2.24) is 30.2 Å². The Hall–Kier alpha value is -4.43. The quantitative estimate of drug-likeness (QED) is 0.346. The van der Waals surface area contributed by atoms with Crippen LogP contribution in [0.3, 0.4) is 0 Å². The molecule has 0 saturated heterocycles. The molecular formula is C27H24N6O2. The number of nitrogens with zero attached hydrogens (tertiary/aromatic N) is 4. The van der Waals surface area contributed by atoms with E-state index >= 15 is 0 Å². The smallest absolute Gasteiger partial charge is 0.319 e. The number of carbonyl (C=O) groups excluding carboxylic acids is 1. The molecule has 0 aliphatic heterocycles. The number of fused-ring (bicyclic) bond motifs is 1. The van der Waals surface area contributed by atoms with Crippen LogP contribution in [-0.2, 0) is 16.1 Å². The SMILES string of the molecule is COC(=O)CNCc1ccc(-c2cncc(-c3nc(-c4cccc(C)n4)nc4[nH]ccc34)c2)cc1. The molecule has 0 aliphatic rings. The van der Waals surface area contributed by atoms with Crippen LogP contribution in [0.1, 0.15) is 11.3 Å². The van der Waals surface area contributed by atoms with Gasteiger partial charge in [0.25, 0.3) is 0 Å². The molecule has 0 bridgehead atoms. The van der Waals surface area contributed by atoms with Gasteiger partial charge in [0.1, 0.15) is 11.3 Å². The van der Waals surface area contributed by atoms with Crippen molar-refractivity contribution < 1.29 is 9.53 Å². The van der Waals surface area contributed by atoms with Crippen LogP contribution in [0, 0.1) is 6.92 Å². The predicted molar refractivity (Wildman–Crippen MR) is 134 cm³/mol. The number of ether oxygens (including phenoxy) is 1. The molecule has 0 fully saturated rings. The van der Waals surface area contributed by atoms with Crippen molar-refractivity contribution in [3.63, 3.8) is 0 Å². The number of benzene rings is 1. The van der Waals surface area contributed by atoms with E-state index in [2.05, 4.69) is 36.1 Å². The second kappa shape index (κ2) is 9.82. The van der Waals surface area contributed by atoms with E-state index < -0.39 is 0 Å². The molecule has 0 amide bonds. The van der Waals surface area contributed by atoms with Gasteiger partial charge in [0, 0.05) is 47.3 Å². The summed E-state index contributed by atoms with van der Waals surface area (Å²) in [5.41, 5.74) is 7.17. The molecule has 5 aromatic rings. The summed E-state index contributed by atoms with van der Waals surface area (Å²) >= 11 is 0. The average Bonchev–Trinajstić information content (AvgIpc) is 3.37. The molecule has 8 heteroatoms. The summed E-state index contributed by atoms with van der Waals surface area (Å²) in [7, 11) is 1.38. The molecule has 0 atom stereocenters. The fourth-order valence-electron chi connectivity index (χ4n) is 3.87. The highest BCUT2D eigenvalue weighted by Gasteiger charge is 2.14. The summed E-state index contributed by atoms with van der Waals surface area (Å²) in [6.07, 6.45) is 5.52. The van der Waals surface area contributed by atoms with Crippen LogP contribution in [-0.4, -0.2) is 44.5 Å². The maximum atomic E-state index is 11.3. The number of aromatic nitrogens is 5. The first-order chi connectivity index (χ1) is 17.1. The summed E-state index contributed by atoms with van der Waals surface area (Å²) in [5.74, 6) is 0.278. The number of H-pyrrole nitrogens is 1. The van der Waals surface area contributed by atoms with E-state index in [-0.39, 0.29) is 12.5 Å². The van der Waals surface area contributed by atoms with E-state index in [1.165, 1.54) is 7.11 Å². The second-order valence-electron chi connectivity index (χ2n) is 8.14. The molecule has 174 valence electrons. The number of aryl methyl sites for hydroxylation is 1. The molecule has 0 spiro atoms. The van der Waals surface area contributed by atoms with Gasteiger partial charge in [-0.1, -0.05) is 30.3 Å². The maximum absolute atomic E-state index is 11.3. The Morgan fingerprint density at radius 1 is 0.971 bits per heavy atom. The number of rotatable bonds is 7. The van der Waals surface area contributed by atoms with Gasteiger partial charge in [-0.05, 0) is 42.3 Å². The first-order valence-corrected chi connectivity index (χ1v) is 11.2. The Morgan fingerprint density at radius 2 is 1.80 bits per heavy atom. The zero-order valence-corrected chi connectivity index (χ0v) is 19.4. The molecule has 8 nitrogen and oxygen atoms in total. The van der Waals surface area contributed by atoms with Gasteiger partial charge in [-0.2, -0.15) is 0 Å². The Morgan fingerprint density at radius 3 is 2.60 bits per heavy atom. The Bertz CT molecular complexity index is 1490. The number of pyridine rings is 2. The lowest BCUT2D eigenvalue weighted by atomic mass is 10.0. The van der Waals surface area contributed by atoms with Crippen LogP contribution in [0.5, 0.6) is 0 Å². The summed E-state index contributed by atoms with van der Waals surface area (Å²) in [6, 6.07) is 18.0. The van der Waals surface area contributed by atoms with Gasteiger partial charge in [0.05, 0.1) is 19.3 Å². The Labute approximate surface area is 202 Å². The zero-order chi connectivity index (χ0) is 24.2. The highest BCUT2D eigenvalue weighted by molar-refractivity contribution is 5.92. The molecular weight excluding hydrogens is 440 g/mol. The lowest BCUT2D eigenvalue weighted by Crippen LogP contribution is -2.23. The zero-order valence-electron chi connectivity index (χ0n) is 19.4. The van der Waals surface area contributed by atoms with Crippen molar-refractivity contribution in [3.8, 4) is 33.9 Å². The third-order valence-corrected chi connectivity index (χ3v) is 5.66. The van der Waals surface area contributed by atoms with Gasteiger partial charge in [0.15, 0.2) is 5.82 Å². The van der Waals surface area contributed by atoms with Crippen LogP contribution >= 0.6 is 0 Å². The van der Waals surface area contributed by atoms with Gasteiger partial charge in [-0.3, -0.25) is 9.78 Å². The molecule has 5 rings (SSSR count). The number of carbonyl (C=O) groups is 1. The lowest BCUT2D eigenvalue weighted by molar-refractivity contribution is -0.139. The lowest BCUT2D eigenvalue weighted by Gasteiger charge is -2.09. The highest BCUT2D eigenvalue weighted by Crippen LogP contribution is 2.30. The Kier molecular flexibility index (Phi) is 6.28. The van der Waals surface area contributed by atoms with Gasteiger partial charge in [-0.25, -0.2) is 15.0 Å². The summed E-state index contributed by atoms with van der Waals surface area (Å²) in [4.78, 5) is 33.1. The molecule has 35 heavy (non-hydrogen) atoms. The van der Waals surface area contributed by atoms with Crippen LogP contribution in [0.15, 0.2) is 73.2 Å². The molecule has 0 aliphatic carbocycles. The van der Waals surface area contributed by atoms with Crippen molar-refractivity contribution >= 4 is 17.0 Å². The topological polar surface area (TPSA) is 106 Å². The van der Waals surface area contributed by atoms with Gasteiger partial charge in [0.2, 0.25) is 0 Å². The number of methoxy groups -OCH3 is 1. The molecule has 0 unspecified atom stereocenters. The average molecular weight is 465 g/mol. The number of hydrogen-bond acceptors (Lipinski definition) is 7. The first kappa shape index (κ1) is 22.4. The van der Waals surface area contributed by atoms with Gasteiger partial charge >= 0.3 is 5.97 Å². The van der Waals surface area contributed by atoms with E-state index in [0.717, 1.165) is 50.4 Å². The van der Waals surface area contributed by atoms with Crippen molar-refractivity contribution in [2.45, 2.75) is 13.5 Å². The van der Waals surface area contributed by atoms with E-state index in [1.54, 1.807) is 0 Å². The van der Waals surface area contributed by atoms with E-state index in [9.17, 15) is 4.79 Å². The second-order valence-corrected chi connectivity index (χ2v) is 8.14. The van der Waals surface area contributed by atoms with E-state index in [4.69, 9.17) is 4.98 Å². The minimum Gasteiger partial charge on any atom is -0.468 e. The third kappa shape index (κ3) is 4.92. The molecule has 0 radical (unpaired) electrons. The van der Waals surface area contributed by atoms with Crippen molar-refractivity contribution in [1.29, 1.82) is 0 Å². The van der Waals surface area contributed by atoms with Gasteiger partial charge in [-0.15, -0.1) is 0 Å². The highest BCUT2D eigenvalue weighted by atomic mass is 16.5. The van der Waals surface area contributed by atoms with Crippen LogP contribution in [0.25, 0.3) is 44.9 Å². The fourth-order valence-corrected chi connectivity index (χ4v) is 3.87. The molecule has 4 aromatic heterocycles. The first-order valence-electron chi connectivity index (χ1n) is 11.2. The number of hydrogen-bond donors (Lipinski definition) is 2. The van der Waals surface area contributed by atoms with Crippen LogP contribution in [0.2, 0.25) is 0 Å². The van der Waals surface area contributed by atoms with Gasteiger partial charge < -0.3 is 15.0 Å².